The average molecular weight is 166 g/mol. The summed E-state index contributed by atoms with van der Waals surface area (Å²) in [6.07, 6.45) is 13.0. The highest BCUT2D eigenvalue weighted by Crippen LogP contribution is 2.15. The van der Waals surface area contributed by atoms with Crippen LogP contribution in [0.15, 0.2) is 24.8 Å². The summed E-state index contributed by atoms with van der Waals surface area (Å²) in [5, 5.41) is 0. The smallest absolute Gasteiger partial charge is 0.0202 e. The van der Waals surface area contributed by atoms with E-state index < -0.39 is 0 Å². The van der Waals surface area contributed by atoms with Crippen LogP contribution < -0.4 is 0 Å². The van der Waals surface area contributed by atoms with Gasteiger partial charge in [-0.15, -0.1) is 6.58 Å². The highest BCUT2D eigenvalue weighted by molar-refractivity contribution is 4.87. The fourth-order valence-electron chi connectivity index (χ4n) is 1.30. The first-order valence-corrected chi connectivity index (χ1v) is 5.08. The number of hydrogen-bond acceptors (Lipinski definition) is 0. The van der Waals surface area contributed by atoms with Gasteiger partial charge < -0.3 is 0 Å². The molecule has 0 aromatic carbocycles. The number of rotatable bonds is 7. The van der Waals surface area contributed by atoms with Crippen molar-refractivity contribution in [3.63, 3.8) is 0 Å². The van der Waals surface area contributed by atoms with Crippen LogP contribution in [0.3, 0.4) is 0 Å². The summed E-state index contributed by atoms with van der Waals surface area (Å²) in [7, 11) is 0. The second-order valence-electron chi connectivity index (χ2n) is 3.30. The van der Waals surface area contributed by atoms with Gasteiger partial charge in [0.05, 0.1) is 0 Å². The second-order valence-corrected chi connectivity index (χ2v) is 3.30. The van der Waals surface area contributed by atoms with Crippen molar-refractivity contribution in [1.29, 1.82) is 0 Å². The summed E-state index contributed by atoms with van der Waals surface area (Å²) in [6.45, 7) is 8.18. The molecule has 0 aromatic heterocycles. The van der Waals surface area contributed by atoms with E-state index in [2.05, 4.69) is 38.7 Å². The zero-order valence-corrected chi connectivity index (χ0v) is 8.55. The van der Waals surface area contributed by atoms with Gasteiger partial charge in [0.1, 0.15) is 0 Å². The molecule has 1 unspecified atom stereocenters. The van der Waals surface area contributed by atoms with E-state index in [-0.39, 0.29) is 0 Å². The van der Waals surface area contributed by atoms with Gasteiger partial charge in [0, 0.05) is 0 Å². The molecular weight excluding hydrogens is 144 g/mol. The first-order valence-electron chi connectivity index (χ1n) is 5.08. The Kier molecular flexibility index (Phi) is 8.20. The Balaban J connectivity index is 3.45. The van der Waals surface area contributed by atoms with Gasteiger partial charge in [-0.05, 0) is 25.7 Å². The molecule has 0 fully saturated rings. The summed E-state index contributed by atoms with van der Waals surface area (Å²) in [5.41, 5.74) is 0. The van der Waals surface area contributed by atoms with E-state index in [1.807, 2.05) is 0 Å². The van der Waals surface area contributed by atoms with Gasteiger partial charge in [0.2, 0.25) is 0 Å². The van der Waals surface area contributed by atoms with Crippen LogP contribution in [-0.2, 0) is 0 Å². The lowest BCUT2D eigenvalue weighted by molar-refractivity contribution is 0.545. The Hall–Kier alpha value is -0.520. The molecule has 0 aliphatic carbocycles. The Morgan fingerprint density at radius 3 is 2.58 bits per heavy atom. The molecule has 0 nitrogen and oxygen atoms in total. The third kappa shape index (κ3) is 6.21. The minimum absolute atomic E-state index is 0.702. The lowest BCUT2D eigenvalue weighted by atomic mass is 9.98. The molecule has 1 atom stereocenters. The first kappa shape index (κ1) is 11.5. The molecule has 0 N–H and O–H groups in total. The predicted molar refractivity (Wildman–Crippen MR) is 57.3 cm³/mol. The maximum absolute atomic E-state index is 3.86. The van der Waals surface area contributed by atoms with Crippen LogP contribution in [0.25, 0.3) is 0 Å². The fraction of sp³-hybridized carbons (Fsp3) is 0.667. The Bertz CT molecular complexity index is 122. The molecule has 0 aliphatic heterocycles. The quantitative estimate of drug-likeness (QED) is 0.390. The highest BCUT2D eigenvalue weighted by Gasteiger charge is 2.00. The Morgan fingerprint density at radius 1 is 1.33 bits per heavy atom. The van der Waals surface area contributed by atoms with E-state index in [9.17, 15) is 0 Å². The molecular formula is C12H22. The SMILES string of the molecule is C=CC(CC=CC)CCCCC. The van der Waals surface area contributed by atoms with Crippen molar-refractivity contribution in [1.82, 2.24) is 0 Å². The van der Waals surface area contributed by atoms with Gasteiger partial charge in [-0.2, -0.15) is 0 Å². The molecule has 0 aromatic rings. The Morgan fingerprint density at radius 2 is 2.08 bits per heavy atom. The molecule has 0 amide bonds. The van der Waals surface area contributed by atoms with Crippen molar-refractivity contribution in [3.8, 4) is 0 Å². The number of allylic oxidation sites excluding steroid dienone is 3. The minimum atomic E-state index is 0.702. The molecule has 0 saturated heterocycles. The van der Waals surface area contributed by atoms with E-state index in [4.69, 9.17) is 0 Å². The summed E-state index contributed by atoms with van der Waals surface area (Å²) >= 11 is 0. The third-order valence-corrected chi connectivity index (χ3v) is 2.19. The summed E-state index contributed by atoms with van der Waals surface area (Å²) in [4.78, 5) is 0. The largest absolute Gasteiger partial charge is 0.103 e. The van der Waals surface area contributed by atoms with Gasteiger partial charge in [-0.25, -0.2) is 0 Å². The predicted octanol–water partition coefficient (Wildman–Crippen LogP) is 4.34. The van der Waals surface area contributed by atoms with Crippen molar-refractivity contribution < 1.29 is 0 Å². The lowest BCUT2D eigenvalue weighted by Crippen LogP contribution is -1.93. The fourth-order valence-corrected chi connectivity index (χ4v) is 1.30. The summed E-state index contributed by atoms with van der Waals surface area (Å²) < 4.78 is 0. The second kappa shape index (κ2) is 8.58. The molecule has 0 aliphatic rings. The van der Waals surface area contributed by atoms with E-state index >= 15 is 0 Å². The molecule has 0 spiro atoms. The van der Waals surface area contributed by atoms with Gasteiger partial charge >= 0.3 is 0 Å². The zero-order valence-electron chi connectivity index (χ0n) is 8.55. The van der Waals surface area contributed by atoms with E-state index in [1.165, 1.54) is 32.1 Å². The Labute approximate surface area is 77.4 Å². The molecule has 0 saturated carbocycles. The van der Waals surface area contributed by atoms with Crippen LogP contribution >= 0.6 is 0 Å². The van der Waals surface area contributed by atoms with Gasteiger partial charge in [-0.1, -0.05) is 44.4 Å². The van der Waals surface area contributed by atoms with Gasteiger partial charge in [-0.3, -0.25) is 0 Å². The summed E-state index contributed by atoms with van der Waals surface area (Å²) in [6, 6.07) is 0. The van der Waals surface area contributed by atoms with Crippen LogP contribution in [0.1, 0.15) is 46.0 Å². The molecule has 12 heavy (non-hydrogen) atoms. The number of unbranched alkanes of at least 4 members (excludes halogenated alkanes) is 2. The van der Waals surface area contributed by atoms with Crippen LogP contribution in [-0.4, -0.2) is 0 Å². The molecule has 0 rings (SSSR count). The van der Waals surface area contributed by atoms with E-state index in [0.29, 0.717) is 5.92 Å². The molecule has 0 radical (unpaired) electrons. The minimum Gasteiger partial charge on any atom is -0.103 e. The molecule has 0 heterocycles. The van der Waals surface area contributed by atoms with Crippen LogP contribution in [0, 0.1) is 5.92 Å². The van der Waals surface area contributed by atoms with Crippen molar-refractivity contribution in [3.05, 3.63) is 24.8 Å². The highest BCUT2D eigenvalue weighted by atomic mass is 14.1. The standard InChI is InChI=1S/C12H22/c1-4-7-9-11-12(6-3)10-8-5-2/h5-6,8,12H,3-4,7,9-11H2,1-2H3. The summed E-state index contributed by atoms with van der Waals surface area (Å²) in [5.74, 6) is 0.702. The molecule has 0 bridgehead atoms. The first-order chi connectivity index (χ1) is 5.85. The topological polar surface area (TPSA) is 0 Å². The molecule has 0 heteroatoms. The van der Waals surface area contributed by atoms with Crippen molar-refractivity contribution >= 4 is 0 Å². The third-order valence-electron chi connectivity index (χ3n) is 2.19. The number of hydrogen-bond donors (Lipinski definition) is 0. The van der Waals surface area contributed by atoms with Gasteiger partial charge in [0.15, 0.2) is 0 Å². The van der Waals surface area contributed by atoms with Crippen LogP contribution in [0.2, 0.25) is 0 Å². The van der Waals surface area contributed by atoms with Crippen molar-refractivity contribution in [2.24, 2.45) is 5.92 Å². The zero-order chi connectivity index (χ0) is 9.23. The van der Waals surface area contributed by atoms with Gasteiger partial charge in [0.25, 0.3) is 0 Å². The maximum Gasteiger partial charge on any atom is -0.0202 e. The monoisotopic (exact) mass is 166 g/mol. The lowest BCUT2D eigenvalue weighted by Gasteiger charge is -2.08. The van der Waals surface area contributed by atoms with Crippen molar-refractivity contribution in [2.75, 3.05) is 0 Å². The normalized spacial score (nSPS) is 13.5. The molecule has 70 valence electrons. The maximum atomic E-state index is 3.86. The van der Waals surface area contributed by atoms with E-state index in [0.717, 1.165) is 0 Å². The van der Waals surface area contributed by atoms with Crippen molar-refractivity contribution in [2.45, 2.75) is 46.0 Å². The average Bonchev–Trinajstić information content (AvgIpc) is 2.11. The van der Waals surface area contributed by atoms with Crippen LogP contribution in [0.4, 0.5) is 0 Å². The van der Waals surface area contributed by atoms with Crippen LogP contribution in [0.5, 0.6) is 0 Å². The van der Waals surface area contributed by atoms with E-state index in [1.54, 1.807) is 0 Å².